The van der Waals surface area contributed by atoms with Gasteiger partial charge in [-0.25, -0.2) is 13.0 Å². The molecule has 0 saturated carbocycles. The highest BCUT2D eigenvalue weighted by Crippen LogP contribution is 2.40. The van der Waals surface area contributed by atoms with Crippen LogP contribution < -0.4 is 0 Å². The van der Waals surface area contributed by atoms with Gasteiger partial charge in [-0.1, -0.05) is 55.7 Å². The van der Waals surface area contributed by atoms with Gasteiger partial charge < -0.3 is 4.55 Å². The highest BCUT2D eigenvalue weighted by molar-refractivity contribution is 7.86. The fourth-order valence-corrected chi connectivity index (χ4v) is 3.29. The maximum Gasteiger partial charge on any atom is 0.485 e. The summed E-state index contributed by atoms with van der Waals surface area (Å²) >= 11 is 0. The van der Waals surface area contributed by atoms with E-state index in [1.165, 1.54) is 22.4 Å². The van der Waals surface area contributed by atoms with Crippen molar-refractivity contribution in [1.29, 1.82) is 0 Å². The van der Waals surface area contributed by atoms with Crippen molar-refractivity contribution in [3.05, 3.63) is 58.2 Å². The van der Waals surface area contributed by atoms with E-state index in [1.807, 2.05) is 0 Å². The van der Waals surface area contributed by atoms with Gasteiger partial charge in [0.1, 0.15) is 14.1 Å². The third kappa shape index (κ3) is 6.80. The standard InChI is InChI=1S/C21H30N.CHF3O3S/c1-15-13-18(19(14-16(15)2)21(3,4)5)20(22(6)7)17-11-9-8-10-12-17;2-1(3,4)8(5,6)7/h8-12H,13-14H2,1-7H3;(H,5,6,7)/q+1;/p-1. The number of rotatable bonds is 2. The Morgan fingerprint density at radius 2 is 1.40 bits per heavy atom. The summed E-state index contributed by atoms with van der Waals surface area (Å²) in [6.07, 6.45) is 2.18. The topological polar surface area (TPSA) is 60.2 Å². The van der Waals surface area contributed by atoms with Crippen molar-refractivity contribution in [2.45, 2.75) is 53.0 Å². The van der Waals surface area contributed by atoms with E-state index in [9.17, 15) is 13.2 Å². The van der Waals surface area contributed by atoms with E-state index >= 15 is 0 Å². The molecule has 30 heavy (non-hydrogen) atoms. The van der Waals surface area contributed by atoms with Crippen LogP contribution in [-0.4, -0.2) is 42.9 Å². The molecule has 1 aliphatic rings. The molecular formula is C22H30F3NO3S. The molecule has 0 heterocycles. The third-order valence-electron chi connectivity index (χ3n) is 4.95. The van der Waals surface area contributed by atoms with E-state index in [-0.39, 0.29) is 5.41 Å². The van der Waals surface area contributed by atoms with Crippen molar-refractivity contribution < 1.29 is 30.7 Å². The first-order valence-electron chi connectivity index (χ1n) is 9.46. The summed E-state index contributed by atoms with van der Waals surface area (Å²) in [5, 5.41) is 0. The number of nitrogens with zero attached hydrogens (tertiary/aromatic N) is 1. The molecular weight excluding hydrogens is 415 g/mol. The average Bonchev–Trinajstić information content (AvgIpc) is 2.56. The quantitative estimate of drug-likeness (QED) is 0.205. The monoisotopic (exact) mass is 445 g/mol. The lowest BCUT2D eigenvalue weighted by molar-refractivity contribution is -0.463. The minimum absolute atomic E-state index is 0.202. The van der Waals surface area contributed by atoms with Crippen molar-refractivity contribution in [2.24, 2.45) is 5.41 Å². The molecule has 0 radical (unpaired) electrons. The number of hydrogen-bond acceptors (Lipinski definition) is 3. The van der Waals surface area contributed by atoms with E-state index < -0.39 is 15.6 Å². The Balaban J connectivity index is 0.000000479. The lowest BCUT2D eigenvalue weighted by atomic mass is 9.73. The first kappa shape index (κ1) is 26.1. The summed E-state index contributed by atoms with van der Waals surface area (Å²) in [6.45, 7) is 11.6. The minimum atomic E-state index is -6.09. The van der Waals surface area contributed by atoms with Crippen molar-refractivity contribution in [3.63, 3.8) is 0 Å². The summed E-state index contributed by atoms with van der Waals surface area (Å²) in [4.78, 5) is 0. The molecule has 1 aromatic carbocycles. The normalized spacial score (nSPS) is 15.6. The molecule has 0 atom stereocenters. The number of hydrogen-bond donors (Lipinski definition) is 0. The zero-order valence-electron chi connectivity index (χ0n) is 18.5. The molecule has 2 rings (SSSR count). The molecule has 0 spiro atoms. The summed E-state index contributed by atoms with van der Waals surface area (Å²) < 4.78 is 61.2. The van der Waals surface area contributed by atoms with Crippen LogP contribution in [0.5, 0.6) is 0 Å². The fourth-order valence-electron chi connectivity index (χ4n) is 3.29. The molecule has 1 aromatic rings. The summed E-state index contributed by atoms with van der Waals surface area (Å²) in [6, 6.07) is 10.8. The third-order valence-corrected chi connectivity index (χ3v) is 5.51. The van der Waals surface area contributed by atoms with Crippen LogP contribution >= 0.6 is 0 Å². The summed E-state index contributed by atoms with van der Waals surface area (Å²) in [7, 11) is -1.76. The molecule has 0 bridgehead atoms. The Kier molecular flexibility index (Phi) is 8.24. The Labute approximate surface area is 177 Å². The largest absolute Gasteiger partial charge is 0.741 e. The van der Waals surface area contributed by atoms with Crippen LogP contribution in [-0.2, 0) is 10.1 Å². The van der Waals surface area contributed by atoms with Gasteiger partial charge in [0.2, 0.25) is 5.71 Å². The summed E-state index contributed by atoms with van der Waals surface area (Å²) in [5.74, 6) is 0. The van der Waals surface area contributed by atoms with Crippen LogP contribution in [0.1, 0.15) is 53.0 Å². The van der Waals surface area contributed by atoms with E-state index in [0.717, 1.165) is 12.8 Å². The molecule has 0 saturated heterocycles. The van der Waals surface area contributed by atoms with Gasteiger partial charge >= 0.3 is 5.51 Å². The average molecular weight is 446 g/mol. The van der Waals surface area contributed by atoms with Crippen molar-refractivity contribution >= 4 is 15.8 Å². The van der Waals surface area contributed by atoms with E-state index in [2.05, 4.69) is 83.6 Å². The Morgan fingerprint density at radius 3 is 1.77 bits per heavy atom. The van der Waals surface area contributed by atoms with Gasteiger partial charge in [-0.3, -0.25) is 0 Å². The molecule has 0 fully saturated rings. The van der Waals surface area contributed by atoms with Crippen LogP contribution in [0.15, 0.2) is 52.6 Å². The van der Waals surface area contributed by atoms with Gasteiger partial charge in [-0.2, -0.15) is 13.2 Å². The second-order valence-electron chi connectivity index (χ2n) is 8.63. The van der Waals surface area contributed by atoms with Crippen LogP contribution in [0.2, 0.25) is 0 Å². The van der Waals surface area contributed by atoms with Gasteiger partial charge in [0.05, 0.1) is 0 Å². The highest BCUT2D eigenvalue weighted by Gasteiger charge is 2.37. The molecule has 0 N–H and O–H groups in total. The number of halogens is 3. The number of alkyl halides is 3. The molecule has 0 aromatic heterocycles. The van der Waals surface area contributed by atoms with E-state index in [4.69, 9.17) is 13.0 Å². The first-order chi connectivity index (χ1) is 13.5. The van der Waals surface area contributed by atoms with Gasteiger partial charge in [0.25, 0.3) is 0 Å². The maximum absolute atomic E-state index is 10.7. The van der Waals surface area contributed by atoms with Gasteiger partial charge in [-0.15, -0.1) is 0 Å². The van der Waals surface area contributed by atoms with E-state index in [0.29, 0.717) is 0 Å². The van der Waals surface area contributed by atoms with Crippen LogP contribution in [0, 0.1) is 5.41 Å². The van der Waals surface area contributed by atoms with Crippen molar-refractivity contribution in [2.75, 3.05) is 14.1 Å². The smallest absolute Gasteiger partial charge is 0.485 e. The number of allylic oxidation sites excluding steroid dienone is 4. The zero-order chi connectivity index (χ0) is 23.5. The summed E-state index contributed by atoms with van der Waals surface area (Å²) in [5.41, 5.74) is 3.42. The molecule has 0 unspecified atom stereocenters. The minimum Gasteiger partial charge on any atom is -0.741 e. The molecule has 168 valence electrons. The predicted octanol–water partition coefficient (Wildman–Crippen LogP) is 5.27. The fraction of sp³-hybridized carbons (Fsp3) is 0.500. The van der Waals surface area contributed by atoms with Gasteiger partial charge in [0.15, 0.2) is 10.1 Å². The Bertz CT molecular complexity index is 961. The predicted molar refractivity (Wildman–Crippen MR) is 113 cm³/mol. The first-order valence-corrected chi connectivity index (χ1v) is 10.9. The van der Waals surface area contributed by atoms with Crippen LogP contribution in [0.25, 0.3) is 0 Å². The van der Waals surface area contributed by atoms with Crippen LogP contribution in [0.3, 0.4) is 0 Å². The SMILES string of the molecule is CC1=C(C)CC(C(C)(C)C)=C(C(c2ccccc2)=[N+](C)C)C1.O=S(=O)([O-])C(F)(F)F. The Morgan fingerprint density at radius 1 is 0.967 bits per heavy atom. The molecule has 0 aliphatic heterocycles. The van der Waals surface area contributed by atoms with Crippen molar-refractivity contribution in [3.8, 4) is 0 Å². The number of benzene rings is 1. The zero-order valence-corrected chi connectivity index (χ0v) is 19.3. The molecule has 8 heteroatoms. The van der Waals surface area contributed by atoms with Gasteiger partial charge in [0, 0.05) is 11.1 Å². The van der Waals surface area contributed by atoms with Crippen molar-refractivity contribution in [1.82, 2.24) is 0 Å². The highest BCUT2D eigenvalue weighted by atomic mass is 32.2. The van der Waals surface area contributed by atoms with Gasteiger partial charge in [-0.05, 0) is 44.2 Å². The lowest BCUT2D eigenvalue weighted by Crippen LogP contribution is -2.25. The second-order valence-corrected chi connectivity index (χ2v) is 10.0. The van der Waals surface area contributed by atoms with Crippen LogP contribution in [0.4, 0.5) is 13.2 Å². The lowest BCUT2D eigenvalue weighted by Gasteiger charge is -2.31. The molecule has 4 nitrogen and oxygen atoms in total. The van der Waals surface area contributed by atoms with E-state index in [1.54, 1.807) is 11.1 Å². The molecule has 1 aliphatic carbocycles. The maximum atomic E-state index is 10.7. The molecule has 0 amide bonds. The second kappa shape index (κ2) is 9.47. The Hall–Kier alpha value is -1.93.